The van der Waals surface area contributed by atoms with Gasteiger partial charge in [0.2, 0.25) is 0 Å². The van der Waals surface area contributed by atoms with Gasteiger partial charge >= 0.3 is 0 Å². The molecule has 1 N–H and O–H groups in total. The predicted octanol–water partition coefficient (Wildman–Crippen LogP) is 3.47. The first-order valence-electron chi connectivity index (χ1n) is 6.69. The molecule has 0 aromatic carbocycles. The molecule has 0 aliphatic carbocycles. The summed E-state index contributed by atoms with van der Waals surface area (Å²) in [5.74, 6) is 0. The van der Waals surface area contributed by atoms with Crippen LogP contribution < -0.4 is 5.32 Å². The Hall–Kier alpha value is -0.780. The number of aromatic nitrogens is 2. The van der Waals surface area contributed by atoms with Crippen molar-refractivity contribution in [3.8, 4) is 0 Å². The van der Waals surface area contributed by atoms with Crippen molar-refractivity contribution < 1.29 is 0 Å². The van der Waals surface area contributed by atoms with Crippen molar-refractivity contribution >= 4 is 23.1 Å². The highest BCUT2D eigenvalue weighted by molar-refractivity contribution is 8.01. The van der Waals surface area contributed by atoms with Crippen molar-refractivity contribution in [2.75, 3.05) is 6.54 Å². The minimum absolute atomic E-state index is 0.508. The summed E-state index contributed by atoms with van der Waals surface area (Å²) < 4.78 is 3.50. The van der Waals surface area contributed by atoms with Gasteiger partial charge in [-0.1, -0.05) is 6.92 Å². The molecule has 2 aromatic heterocycles. The normalized spacial score (nSPS) is 22.4. The zero-order valence-corrected chi connectivity index (χ0v) is 12.9. The van der Waals surface area contributed by atoms with E-state index < -0.39 is 0 Å². The van der Waals surface area contributed by atoms with Crippen LogP contribution in [0.25, 0.3) is 0 Å². The summed E-state index contributed by atoms with van der Waals surface area (Å²) in [7, 11) is 0. The minimum atomic E-state index is 0.508. The number of thioether (sulfide) groups is 1. The first-order chi connectivity index (χ1) is 9.22. The number of nitrogens with one attached hydrogen (secondary N) is 1. The summed E-state index contributed by atoms with van der Waals surface area (Å²) in [4.78, 5) is 0. The maximum Gasteiger partial charge on any atom is 0.0649 e. The highest BCUT2D eigenvalue weighted by Gasteiger charge is 2.25. The Morgan fingerprint density at radius 3 is 3.21 bits per heavy atom. The second-order valence-corrected chi connectivity index (χ2v) is 7.74. The number of aryl methyl sites for hydroxylation is 1. The molecule has 2 aromatic rings. The summed E-state index contributed by atoms with van der Waals surface area (Å²) in [6, 6.07) is 2.78. The van der Waals surface area contributed by atoms with Gasteiger partial charge in [0.1, 0.15) is 0 Å². The molecule has 0 bridgehead atoms. The molecule has 2 atom stereocenters. The zero-order valence-electron chi connectivity index (χ0n) is 11.3. The lowest BCUT2D eigenvalue weighted by Gasteiger charge is -2.27. The van der Waals surface area contributed by atoms with E-state index in [1.165, 1.54) is 21.8 Å². The number of thiophene rings is 1. The van der Waals surface area contributed by atoms with Crippen molar-refractivity contribution in [3.05, 3.63) is 35.0 Å². The van der Waals surface area contributed by atoms with Crippen LogP contribution in [0.4, 0.5) is 0 Å². The van der Waals surface area contributed by atoms with Crippen molar-refractivity contribution in [1.29, 1.82) is 0 Å². The third-order valence-corrected chi connectivity index (χ3v) is 5.75. The van der Waals surface area contributed by atoms with Gasteiger partial charge in [0.25, 0.3) is 0 Å². The first kappa shape index (κ1) is 13.2. The summed E-state index contributed by atoms with van der Waals surface area (Å²) in [5, 5.41) is 10.9. The summed E-state index contributed by atoms with van der Waals surface area (Å²) in [6.07, 6.45) is 5.22. The quantitative estimate of drug-likeness (QED) is 0.936. The van der Waals surface area contributed by atoms with Crippen LogP contribution in [0.15, 0.2) is 28.0 Å². The van der Waals surface area contributed by atoms with E-state index >= 15 is 0 Å². The van der Waals surface area contributed by atoms with Crippen molar-refractivity contribution in [2.45, 2.75) is 42.3 Å². The number of nitrogens with zero attached hydrogens (tertiary/aromatic N) is 2. The second-order valence-electron chi connectivity index (χ2n) is 5.12. The number of fused-ring (bicyclic) bond motifs is 1. The van der Waals surface area contributed by atoms with Crippen molar-refractivity contribution in [2.24, 2.45) is 0 Å². The molecule has 3 nitrogen and oxygen atoms in total. The molecule has 3 rings (SSSR count). The van der Waals surface area contributed by atoms with Crippen LogP contribution in [-0.4, -0.2) is 21.6 Å². The van der Waals surface area contributed by atoms with E-state index in [9.17, 15) is 0 Å². The van der Waals surface area contributed by atoms with Crippen LogP contribution in [0.3, 0.4) is 0 Å². The van der Waals surface area contributed by atoms with Gasteiger partial charge in [0.05, 0.1) is 17.0 Å². The lowest BCUT2D eigenvalue weighted by molar-refractivity contribution is 0.457. The van der Waals surface area contributed by atoms with Gasteiger partial charge in [-0.25, -0.2) is 0 Å². The van der Waals surface area contributed by atoms with Gasteiger partial charge in [-0.3, -0.25) is 4.68 Å². The summed E-state index contributed by atoms with van der Waals surface area (Å²) in [5.41, 5.74) is 2.72. The van der Waals surface area contributed by atoms with Gasteiger partial charge in [0.15, 0.2) is 0 Å². The van der Waals surface area contributed by atoms with E-state index in [1.807, 2.05) is 34.0 Å². The highest BCUT2D eigenvalue weighted by atomic mass is 32.2. The molecule has 19 heavy (non-hydrogen) atoms. The third kappa shape index (κ3) is 3.04. The van der Waals surface area contributed by atoms with E-state index in [0.29, 0.717) is 11.3 Å². The SMILES string of the molecule is Cc1cnn(CCNC2C[C@H](C)Sc3sccc32)c1. The Labute approximate surface area is 122 Å². The van der Waals surface area contributed by atoms with Crippen LogP contribution in [0, 0.1) is 6.92 Å². The monoisotopic (exact) mass is 293 g/mol. The molecule has 0 fully saturated rings. The number of hydrogen-bond donors (Lipinski definition) is 1. The molecule has 3 heterocycles. The molecular formula is C14H19N3S2. The Balaban J connectivity index is 1.59. The average molecular weight is 293 g/mol. The van der Waals surface area contributed by atoms with E-state index in [4.69, 9.17) is 0 Å². The Kier molecular flexibility index (Phi) is 3.96. The molecule has 5 heteroatoms. The van der Waals surface area contributed by atoms with Gasteiger partial charge in [-0.15, -0.1) is 23.1 Å². The predicted molar refractivity (Wildman–Crippen MR) is 82.0 cm³/mol. The topological polar surface area (TPSA) is 29.9 Å². The van der Waals surface area contributed by atoms with Crippen molar-refractivity contribution in [1.82, 2.24) is 15.1 Å². The van der Waals surface area contributed by atoms with Crippen LogP contribution >= 0.6 is 23.1 Å². The van der Waals surface area contributed by atoms with Crippen LogP contribution in [0.1, 0.15) is 30.5 Å². The zero-order chi connectivity index (χ0) is 13.2. The fraction of sp³-hybridized carbons (Fsp3) is 0.500. The Morgan fingerprint density at radius 2 is 2.42 bits per heavy atom. The Morgan fingerprint density at radius 1 is 1.53 bits per heavy atom. The smallest absolute Gasteiger partial charge is 0.0649 e. The van der Waals surface area contributed by atoms with Gasteiger partial charge < -0.3 is 5.32 Å². The summed E-state index contributed by atoms with van der Waals surface area (Å²) in [6.45, 7) is 6.30. The molecular weight excluding hydrogens is 274 g/mol. The lowest BCUT2D eigenvalue weighted by Crippen LogP contribution is -2.29. The molecule has 1 aliphatic heterocycles. The standard InChI is InChI=1S/C14H19N3S2/c1-10-8-16-17(9-10)5-4-15-13-7-11(2)19-14-12(13)3-6-18-14/h3,6,8-9,11,13,15H,4-5,7H2,1-2H3/t11-,13?/m0/s1. The van der Waals surface area contributed by atoms with Gasteiger partial charge in [-0.05, 0) is 35.9 Å². The van der Waals surface area contributed by atoms with Gasteiger partial charge in [0, 0.05) is 24.0 Å². The fourth-order valence-electron chi connectivity index (χ4n) is 2.49. The largest absolute Gasteiger partial charge is 0.308 e. The van der Waals surface area contributed by atoms with Crippen LogP contribution in [0.5, 0.6) is 0 Å². The maximum absolute atomic E-state index is 4.32. The average Bonchev–Trinajstić information content (AvgIpc) is 2.98. The first-order valence-corrected chi connectivity index (χ1v) is 8.45. The van der Waals surface area contributed by atoms with Crippen LogP contribution in [-0.2, 0) is 6.54 Å². The van der Waals surface area contributed by atoms with Crippen LogP contribution in [0.2, 0.25) is 0 Å². The molecule has 1 aliphatic rings. The fourth-order valence-corrected chi connectivity index (χ4v) is 5.05. The molecule has 0 saturated carbocycles. The Bertz CT molecular complexity index is 546. The van der Waals surface area contributed by atoms with Crippen molar-refractivity contribution in [3.63, 3.8) is 0 Å². The lowest BCUT2D eigenvalue weighted by atomic mass is 10.1. The van der Waals surface area contributed by atoms with Gasteiger partial charge in [-0.2, -0.15) is 5.10 Å². The molecule has 0 amide bonds. The molecule has 0 radical (unpaired) electrons. The third-order valence-electron chi connectivity index (χ3n) is 3.40. The number of hydrogen-bond acceptors (Lipinski definition) is 4. The van der Waals surface area contributed by atoms with E-state index in [0.717, 1.165) is 13.1 Å². The highest BCUT2D eigenvalue weighted by Crippen LogP contribution is 2.43. The number of rotatable bonds is 4. The summed E-state index contributed by atoms with van der Waals surface area (Å²) >= 11 is 3.89. The second kappa shape index (κ2) is 5.69. The molecule has 1 unspecified atom stereocenters. The van der Waals surface area contributed by atoms with E-state index in [1.54, 1.807) is 0 Å². The van der Waals surface area contributed by atoms with E-state index in [2.05, 4.69) is 41.9 Å². The molecule has 0 saturated heterocycles. The van der Waals surface area contributed by atoms with E-state index in [-0.39, 0.29) is 0 Å². The minimum Gasteiger partial charge on any atom is -0.308 e. The molecule has 102 valence electrons. The maximum atomic E-state index is 4.32. The molecule has 0 spiro atoms.